The minimum Gasteiger partial charge on any atom is -0.480 e. The summed E-state index contributed by atoms with van der Waals surface area (Å²) in [5.41, 5.74) is -0.149. The molecule has 0 aliphatic heterocycles. The summed E-state index contributed by atoms with van der Waals surface area (Å²) in [6, 6.07) is 3.89. The highest BCUT2D eigenvalue weighted by Crippen LogP contribution is 2.30. The highest BCUT2D eigenvalue weighted by molar-refractivity contribution is 6.31. The number of halogens is 1. The highest BCUT2D eigenvalue weighted by Gasteiger charge is 2.21. The zero-order valence-corrected chi connectivity index (χ0v) is 9.92. The smallest absolute Gasteiger partial charge is 0.323 e. The van der Waals surface area contributed by atoms with Crippen molar-refractivity contribution in [3.63, 3.8) is 0 Å². The van der Waals surface area contributed by atoms with Crippen molar-refractivity contribution in [3.05, 3.63) is 33.3 Å². The van der Waals surface area contributed by atoms with E-state index in [4.69, 9.17) is 23.1 Å². The van der Waals surface area contributed by atoms with E-state index in [0.717, 1.165) is 0 Å². The third-order valence-corrected chi connectivity index (χ3v) is 2.32. The monoisotopic (exact) mass is 268 g/mol. The summed E-state index contributed by atoms with van der Waals surface area (Å²) in [5.74, 6) is 1.11. The number of carbonyl (C=O) groups is 1. The fourth-order valence-electron chi connectivity index (χ4n) is 1.40. The van der Waals surface area contributed by atoms with Crippen LogP contribution in [0.15, 0.2) is 18.2 Å². The van der Waals surface area contributed by atoms with Crippen LogP contribution in [0.1, 0.15) is 0 Å². The molecule has 94 valence electrons. The van der Waals surface area contributed by atoms with Crippen molar-refractivity contribution in [1.29, 1.82) is 0 Å². The van der Waals surface area contributed by atoms with E-state index >= 15 is 0 Å². The number of nitrogens with zero attached hydrogens (tertiary/aromatic N) is 2. The molecule has 1 N–H and O–H groups in total. The van der Waals surface area contributed by atoms with Gasteiger partial charge in [0.1, 0.15) is 12.2 Å². The minimum absolute atomic E-state index is 0.0620. The largest absolute Gasteiger partial charge is 0.480 e. The molecule has 0 aliphatic rings. The number of hydrogen-bond donors (Lipinski definition) is 1. The molecule has 0 radical (unpaired) electrons. The Bertz CT molecular complexity index is 524. The van der Waals surface area contributed by atoms with Gasteiger partial charge in [-0.05, 0) is 12.1 Å². The Labute approximate surface area is 108 Å². The molecular formula is C11H9ClN2O4. The number of aliphatic carboxylic acids is 1. The van der Waals surface area contributed by atoms with Gasteiger partial charge in [-0.1, -0.05) is 17.5 Å². The predicted octanol–water partition coefficient (Wildman–Crippen LogP) is 1.77. The first-order valence-electron chi connectivity index (χ1n) is 4.80. The maximum atomic E-state index is 10.9. The standard InChI is InChI=1S/C11H9ClN2O4/c1-2-5-13(7-11(15)16)10-6-8(12)3-4-9(10)14(17)18/h1,3-4,6H,5,7H2,(H,15,16). The van der Waals surface area contributed by atoms with E-state index in [9.17, 15) is 14.9 Å². The van der Waals surface area contributed by atoms with Gasteiger partial charge in [0.2, 0.25) is 0 Å². The lowest BCUT2D eigenvalue weighted by molar-refractivity contribution is -0.384. The van der Waals surface area contributed by atoms with Gasteiger partial charge in [-0.3, -0.25) is 14.9 Å². The van der Waals surface area contributed by atoms with E-state index in [1.807, 2.05) is 0 Å². The number of benzene rings is 1. The summed E-state index contributed by atoms with van der Waals surface area (Å²) < 4.78 is 0. The lowest BCUT2D eigenvalue weighted by Crippen LogP contribution is -2.30. The molecule has 0 saturated carbocycles. The van der Waals surface area contributed by atoms with E-state index in [1.54, 1.807) is 0 Å². The van der Waals surface area contributed by atoms with E-state index in [-0.39, 0.29) is 22.9 Å². The summed E-state index contributed by atoms with van der Waals surface area (Å²) in [6.45, 7) is -0.501. The number of rotatable bonds is 5. The second-order valence-electron chi connectivity index (χ2n) is 3.34. The SMILES string of the molecule is C#CCN(CC(=O)O)c1cc(Cl)ccc1[N+](=O)[O-]. The number of hydrogen-bond acceptors (Lipinski definition) is 4. The van der Waals surface area contributed by atoms with Crippen molar-refractivity contribution in [2.45, 2.75) is 0 Å². The van der Waals surface area contributed by atoms with Gasteiger partial charge in [-0.15, -0.1) is 6.42 Å². The summed E-state index contributed by atoms with van der Waals surface area (Å²) in [5, 5.41) is 19.9. The van der Waals surface area contributed by atoms with Crippen molar-refractivity contribution in [3.8, 4) is 12.3 Å². The molecule has 0 amide bonds. The fourth-order valence-corrected chi connectivity index (χ4v) is 1.57. The Morgan fingerprint density at radius 2 is 2.28 bits per heavy atom. The third kappa shape index (κ3) is 3.37. The molecule has 0 atom stereocenters. The molecular weight excluding hydrogens is 260 g/mol. The van der Waals surface area contributed by atoms with Crippen LogP contribution >= 0.6 is 11.6 Å². The quantitative estimate of drug-likeness (QED) is 0.500. The first-order valence-corrected chi connectivity index (χ1v) is 5.17. The van der Waals surface area contributed by atoms with Crippen LogP contribution in [0.3, 0.4) is 0 Å². The molecule has 1 aromatic rings. The highest BCUT2D eigenvalue weighted by atomic mass is 35.5. The van der Waals surface area contributed by atoms with Gasteiger partial charge in [0, 0.05) is 11.1 Å². The van der Waals surface area contributed by atoms with Crippen molar-refractivity contribution in [2.75, 3.05) is 18.0 Å². The van der Waals surface area contributed by atoms with Crippen molar-refractivity contribution < 1.29 is 14.8 Å². The van der Waals surface area contributed by atoms with Crippen LogP contribution in [0.25, 0.3) is 0 Å². The topological polar surface area (TPSA) is 83.7 Å². The number of carboxylic acids is 1. The molecule has 0 bridgehead atoms. The fraction of sp³-hybridized carbons (Fsp3) is 0.182. The average Bonchev–Trinajstić information content (AvgIpc) is 2.27. The summed E-state index contributed by atoms with van der Waals surface area (Å²) >= 11 is 5.75. The summed E-state index contributed by atoms with van der Waals surface area (Å²) in [6.07, 6.45) is 5.12. The predicted molar refractivity (Wildman–Crippen MR) is 66.8 cm³/mol. The molecule has 7 heteroatoms. The van der Waals surface area contributed by atoms with Gasteiger partial charge in [-0.2, -0.15) is 0 Å². The van der Waals surface area contributed by atoms with Crippen LogP contribution < -0.4 is 4.90 Å². The van der Waals surface area contributed by atoms with Gasteiger partial charge in [0.05, 0.1) is 11.5 Å². The normalized spacial score (nSPS) is 9.56. The van der Waals surface area contributed by atoms with Crippen molar-refractivity contribution in [2.24, 2.45) is 0 Å². The minimum atomic E-state index is -1.14. The molecule has 0 fully saturated rings. The lowest BCUT2D eigenvalue weighted by Gasteiger charge is -2.19. The van der Waals surface area contributed by atoms with Gasteiger partial charge >= 0.3 is 5.97 Å². The molecule has 1 aromatic carbocycles. The van der Waals surface area contributed by atoms with Gasteiger partial charge in [-0.25, -0.2) is 0 Å². The van der Waals surface area contributed by atoms with Crippen LogP contribution in [0, 0.1) is 22.5 Å². The second kappa shape index (κ2) is 5.89. The van der Waals surface area contributed by atoms with E-state index < -0.39 is 17.4 Å². The molecule has 0 aliphatic carbocycles. The molecule has 18 heavy (non-hydrogen) atoms. The molecule has 0 spiro atoms. The lowest BCUT2D eigenvalue weighted by atomic mass is 10.2. The molecule has 6 nitrogen and oxygen atoms in total. The van der Waals surface area contributed by atoms with Crippen LogP contribution in [0.5, 0.6) is 0 Å². The number of anilines is 1. The molecule has 1 rings (SSSR count). The zero-order chi connectivity index (χ0) is 13.7. The Kier molecular flexibility index (Phi) is 4.52. The maximum Gasteiger partial charge on any atom is 0.323 e. The first kappa shape index (κ1) is 13.8. The van der Waals surface area contributed by atoms with E-state index in [2.05, 4.69) is 5.92 Å². The number of carboxylic acid groups (broad SMARTS) is 1. The maximum absolute atomic E-state index is 10.9. The zero-order valence-electron chi connectivity index (χ0n) is 9.17. The molecule has 0 aromatic heterocycles. The Morgan fingerprint density at radius 3 is 2.78 bits per heavy atom. The van der Waals surface area contributed by atoms with E-state index in [0.29, 0.717) is 0 Å². The van der Waals surface area contributed by atoms with Crippen LogP contribution in [-0.2, 0) is 4.79 Å². The van der Waals surface area contributed by atoms with Crippen LogP contribution in [0.2, 0.25) is 5.02 Å². The summed E-state index contributed by atoms with van der Waals surface area (Å²) in [4.78, 5) is 22.2. The van der Waals surface area contributed by atoms with Crippen molar-refractivity contribution in [1.82, 2.24) is 0 Å². The first-order chi connectivity index (χ1) is 8.45. The Balaban J connectivity index is 3.25. The number of nitro benzene ring substituents is 1. The van der Waals surface area contributed by atoms with Crippen LogP contribution in [-0.4, -0.2) is 29.1 Å². The Hall–Kier alpha value is -2.26. The van der Waals surface area contributed by atoms with Crippen LogP contribution in [0.4, 0.5) is 11.4 Å². The third-order valence-electron chi connectivity index (χ3n) is 2.08. The number of nitro groups is 1. The molecule has 0 unspecified atom stereocenters. The Morgan fingerprint density at radius 1 is 1.61 bits per heavy atom. The van der Waals surface area contributed by atoms with E-state index in [1.165, 1.54) is 23.1 Å². The van der Waals surface area contributed by atoms with Gasteiger partial charge < -0.3 is 10.0 Å². The second-order valence-corrected chi connectivity index (χ2v) is 3.78. The van der Waals surface area contributed by atoms with Gasteiger partial charge in [0.15, 0.2) is 0 Å². The summed E-state index contributed by atoms with van der Waals surface area (Å²) in [7, 11) is 0. The number of terminal acetylenes is 1. The molecule has 0 saturated heterocycles. The van der Waals surface area contributed by atoms with Gasteiger partial charge in [0.25, 0.3) is 5.69 Å². The van der Waals surface area contributed by atoms with Crippen molar-refractivity contribution >= 4 is 28.9 Å². The molecule has 0 heterocycles. The average molecular weight is 269 g/mol.